The van der Waals surface area contributed by atoms with Crippen LogP contribution in [0.3, 0.4) is 0 Å². The summed E-state index contributed by atoms with van der Waals surface area (Å²) in [5, 5.41) is 17.2. The van der Waals surface area contributed by atoms with Crippen LogP contribution in [0.25, 0.3) is 0 Å². The Hall–Kier alpha value is -2.03. The number of aliphatic hydroxyl groups is 1. The number of carbonyl (C=O) groups excluding carboxylic acids is 1. The van der Waals surface area contributed by atoms with Gasteiger partial charge in [-0.2, -0.15) is 0 Å². The standard InChI is InChI=1S/C23H27BrFN3O3/c1-14(29)28-19(9-15-3-5-17(25)6-4-15)21(30)13-26-20-11-23(7-2-8-23)31-22-18(20)10-16(24)12-27-22/h3-6,10,12,19-21,26,30H,2,7-9,11,13H2,1H3,(H,28,29)/t19-,20-,21-/m0/s1. The summed E-state index contributed by atoms with van der Waals surface area (Å²) in [5.41, 5.74) is 1.63. The molecule has 0 radical (unpaired) electrons. The van der Waals surface area contributed by atoms with Gasteiger partial charge in [0.05, 0.1) is 12.1 Å². The van der Waals surface area contributed by atoms with Crippen LogP contribution >= 0.6 is 15.9 Å². The highest BCUT2D eigenvalue weighted by Gasteiger charge is 2.46. The minimum absolute atomic E-state index is 0.00695. The van der Waals surface area contributed by atoms with E-state index < -0.39 is 12.1 Å². The van der Waals surface area contributed by atoms with Crippen molar-refractivity contribution in [2.75, 3.05) is 6.54 Å². The molecule has 1 aromatic heterocycles. The van der Waals surface area contributed by atoms with Crippen molar-refractivity contribution in [2.24, 2.45) is 0 Å². The molecule has 1 spiro atoms. The Labute approximate surface area is 189 Å². The van der Waals surface area contributed by atoms with Crippen molar-refractivity contribution in [3.8, 4) is 5.88 Å². The molecule has 2 aromatic rings. The molecular formula is C23H27BrFN3O3. The maximum Gasteiger partial charge on any atom is 0.218 e. The van der Waals surface area contributed by atoms with Crippen LogP contribution in [0.5, 0.6) is 5.88 Å². The van der Waals surface area contributed by atoms with Crippen molar-refractivity contribution in [1.29, 1.82) is 0 Å². The van der Waals surface area contributed by atoms with E-state index in [2.05, 4.69) is 31.5 Å². The lowest BCUT2D eigenvalue weighted by atomic mass is 9.73. The molecule has 8 heteroatoms. The molecule has 2 heterocycles. The first-order chi connectivity index (χ1) is 14.8. The maximum atomic E-state index is 13.2. The van der Waals surface area contributed by atoms with E-state index in [1.54, 1.807) is 18.3 Å². The molecule has 1 saturated carbocycles. The molecule has 1 aromatic carbocycles. The van der Waals surface area contributed by atoms with Crippen molar-refractivity contribution >= 4 is 21.8 Å². The fourth-order valence-corrected chi connectivity index (χ4v) is 4.74. The van der Waals surface area contributed by atoms with Gasteiger partial charge in [0.25, 0.3) is 0 Å². The minimum Gasteiger partial charge on any atom is -0.471 e. The number of rotatable bonds is 7. The van der Waals surface area contributed by atoms with E-state index in [-0.39, 0.29) is 23.4 Å². The highest BCUT2D eigenvalue weighted by molar-refractivity contribution is 9.10. The van der Waals surface area contributed by atoms with E-state index in [1.165, 1.54) is 19.1 Å². The minimum atomic E-state index is -0.822. The molecular weight excluding hydrogens is 465 g/mol. The Morgan fingerprint density at radius 1 is 1.39 bits per heavy atom. The van der Waals surface area contributed by atoms with E-state index in [0.29, 0.717) is 18.8 Å². The molecule has 1 fully saturated rings. The van der Waals surface area contributed by atoms with E-state index in [9.17, 15) is 14.3 Å². The third-order valence-corrected chi connectivity index (χ3v) is 6.60. The molecule has 0 bridgehead atoms. The summed E-state index contributed by atoms with van der Waals surface area (Å²) in [6, 6.07) is 7.60. The van der Waals surface area contributed by atoms with Crippen LogP contribution in [-0.4, -0.2) is 40.3 Å². The quantitative estimate of drug-likeness (QED) is 0.552. The second-order valence-electron chi connectivity index (χ2n) is 8.56. The van der Waals surface area contributed by atoms with Gasteiger partial charge in [0, 0.05) is 42.2 Å². The molecule has 166 valence electrons. The second-order valence-corrected chi connectivity index (χ2v) is 9.47. The number of halogens is 2. The third-order valence-electron chi connectivity index (χ3n) is 6.17. The average molecular weight is 492 g/mol. The molecule has 31 heavy (non-hydrogen) atoms. The van der Waals surface area contributed by atoms with Crippen LogP contribution in [0.15, 0.2) is 41.0 Å². The fraction of sp³-hybridized carbons (Fsp3) is 0.478. The lowest BCUT2D eigenvalue weighted by Gasteiger charge is -2.47. The fourth-order valence-electron chi connectivity index (χ4n) is 4.39. The highest BCUT2D eigenvalue weighted by Crippen LogP contribution is 2.48. The lowest BCUT2D eigenvalue weighted by Crippen LogP contribution is -2.52. The molecule has 0 unspecified atom stereocenters. The Kier molecular flexibility index (Phi) is 6.60. The number of fused-ring (bicyclic) bond motifs is 1. The van der Waals surface area contributed by atoms with Crippen molar-refractivity contribution in [3.63, 3.8) is 0 Å². The van der Waals surface area contributed by atoms with Gasteiger partial charge in [-0.3, -0.25) is 4.79 Å². The first-order valence-corrected chi connectivity index (χ1v) is 11.4. The van der Waals surface area contributed by atoms with E-state index in [0.717, 1.165) is 41.3 Å². The van der Waals surface area contributed by atoms with Crippen LogP contribution < -0.4 is 15.4 Å². The highest BCUT2D eigenvalue weighted by atomic mass is 79.9. The number of amides is 1. The van der Waals surface area contributed by atoms with Crippen LogP contribution in [0, 0.1) is 5.82 Å². The number of nitrogens with zero attached hydrogens (tertiary/aromatic N) is 1. The summed E-state index contributed by atoms with van der Waals surface area (Å²) in [7, 11) is 0. The number of pyridine rings is 1. The van der Waals surface area contributed by atoms with Gasteiger partial charge in [0.1, 0.15) is 11.4 Å². The summed E-state index contributed by atoms with van der Waals surface area (Å²) >= 11 is 3.48. The lowest BCUT2D eigenvalue weighted by molar-refractivity contribution is -0.120. The van der Waals surface area contributed by atoms with Gasteiger partial charge in [-0.25, -0.2) is 9.37 Å². The summed E-state index contributed by atoms with van der Waals surface area (Å²) < 4.78 is 20.3. The number of carbonyl (C=O) groups is 1. The predicted molar refractivity (Wildman–Crippen MR) is 118 cm³/mol. The van der Waals surface area contributed by atoms with Crippen molar-refractivity contribution in [1.82, 2.24) is 15.6 Å². The largest absolute Gasteiger partial charge is 0.471 e. The molecule has 1 amide bonds. The average Bonchev–Trinajstić information content (AvgIpc) is 2.71. The topological polar surface area (TPSA) is 83.5 Å². The Balaban J connectivity index is 1.46. The molecule has 0 saturated heterocycles. The Bertz CT molecular complexity index is 936. The predicted octanol–water partition coefficient (Wildman–Crippen LogP) is 3.43. The van der Waals surface area contributed by atoms with Crippen LogP contribution in [0.4, 0.5) is 4.39 Å². The van der Waals surface area contributed by atoms with Crippen LogP contribution in [0.2, 0.25) is 0 Å². The van der Waals surface area contributed by atoms with Crippen LogP contribution in [0.1, 0.15) is 49.8 Å². The number of hydrogen-bond acceptors (Lipinski definition) is 5. The third kappa shape index (κ3) is 5.25. The normalized spacial score (nSPS) is 20.8. The number of ether oxygens (including phenoxy) is 1. The van der Waals surface area contributed by atoms with Gasteiger partial charge < -0.3 is 20.5 Å². The number of aliphatic hydroxyl groups excluding tert-OH is 1. The van der Waals surface area contributed by atoms with Gasteiger partial charge in [-0.1, -0.05) is 12.1 Å². The molecule has 3 N–H and O–H groups in total. The Morgan fingerprint density at radius 2 is 2.13 bits per heavy atom. The number of nitrogens with one attached hydrogen (secondary N) is 2. The summed E-state index contributed by atoms with van der Waals surface area (Å²) in [6.45, 7) is 1.72. The van der Waals surface area contributed by atoms with Gasteiger partial charge in [0.15, 0.2) is 0 Å². The van der Waals surface area contributed by atoms with E-state index in [4.69, 9.17) is 4.74 Å². The molecule has 1 aliphatic carbocycles. The number of benzene rings is 1. The van der Waals surface area contributed by atoms with Gasteiger partial charge >= 0.3 is 0 Å². The Morgan fingerprint density at radius 3 is 2.77 bits per heavy atom. The van der Waals surface area contributed by atoms with E-state index >= 15 is 0 Å². The van der Waals surface area contributed by atoms with Gasteiger partial charge in [-0.05, 0) is 65.4 Å². The summed E-state index contributed by atoms with van der Waals surface area (Å²) in [5.74, 6) is 0.111. The van der Waals surface area contributed by atoms with Gasteiger partial charge in [-0.15, -0.1) is 0 Å². The summed E-state index contributed by atoms with van der Waals surface area (Å²) in [4.78, 5) is 16.2. The zero-order valence-corrected chi connectivity index (χ0v) is 19.0. The molecule has 1 aliphatic heterocycles. The smallest absolute Gasteiger partial charge is 0.218 e. The van der Waals surface area contributed by atoms with Crippen LogP contribution in [-0.2, 0) is 11.2 Å². The summed E-state index contributed by atoms with van der Waals surface area (Å²) in [6.07, 6.45) is 5.28. The molecule has 6 nitrogen and oxygen atoms in total. The first kappa shape index (κ1) is 22.2. The SMILES string of the molecule is CC(=O)N[C@@H](Cc1ccc(F)cc1)[C@@H](O)CN[C@H]1CC2(CCC2)Oc2ncc(Br)cc21. The first-order valence-electron chi connectivity index (χ1n) is 10.6. The van der Waals surface area contributed by atoms with Crippen molar-refractivity contribution in [3.05, 3.63) is 57.9 Å². The van der Waals surface area contributed by atoms with Gasteiger partial charge in [0.2, 0.25) is 11.8 Å². The monoisotopic (exact) mass is 491 g/mol. The number of aromatic nitrogens is 1. The van der Waals surface area contributed by atoms with E-state index in [1.807, 2.05) is 6.07 Å². The molecule has 2 aliphatic rings. The maximum absolute atomic E-state index is 13.2. The van der Waals surface area contributed by atoms with Crippen molar-refractivity contribution < 1.29 is 19.0 Å². The second kappa shape index (κ2) is 9.22. The zero-order chi connectivity index (χ0) is 22.0. The number of hydrogen-bond donors (Lipinski definition) is 3. The zero-order valence-electron chi connectivity index (χ0n) is 17.4. The van der Waals surface area contributed by atoms with Crippen molar-refractivity contribution in [2.45, 2.75) is 62.8 Å². The molecule has 4 rings (SSSR count). The molecule has 3 atom stereocenters.